The van der Waals surface area contributed by atoms with E-state index >= 15 is 0 Å². The number of ether oxygens (including phenoxy) is 2. The molecule has 1 aliphatic carbocycles. The van der Waals surface area contributed by atoms with Crippen molar-refractivity contribution < 1.29 is 14.3 Å². The van der Waals surface area contributed by atoms with Crippen LogP contribution in [0.4, 0.5) is 5.00 Å². The van der Waals surface area contributed by atoms with Crippen LogP contribution in [0.15, 0.2) is 18.2 Å². The number of nitrogens with one attached hydrogen (secondary N) is 2. The summed E-state index contributed by atoms with van der Waals surface area (Å²) < 4.78 is 11.4. The highest BCUT2D eigenvalue weighted by atomic mass is 32.1. The Labute approximate surface area is 183 Å². The molecule has 0 spiro atoms. The maximum absolute atomic E-state index is 13.1. The Bertz CT molecular complexity index is 945. The first-order valence-electron chi connectivity index (χ1n) is 10.9. The number of thiophene rings is 1. The smallest absolute Gasteiger partial charge is 0.256 e. The van der Waals surface area contributed by atoms with Crippen LogP contribution < -0.4 is 20.1 Å². The highest BCUT2D eigenvalue weighted by Crippen LogP contribution is 2.46. The van der Waals surface area contributed by atoms with Crippen molar-refractivity contribution in [3.63, 3.8) is 0 Å². The van der Waals surface area contributed by atoms with Gasteiger partial charge in [-0.3, -0.25) is 4.79 Å². The van der Waals surface area contributed by atoms with E-state index in [-0.39, 0.29) is 12.1 Å². The summed E-state index contributed by atoms with van der Waals surface area (Å²) in [6.45, 7) is 12.0. The van der Waals surface area contributed by atoms with Crippen molar-refractivity contribution in [1.82, 2.24) is 5.32 Å². The molecular formula is C24H32N2O3S. The summed E-state index contributed by atoms with van der Waals surface area (Å²) >= 11 is 1.76. The van der Waals surface area contributed by atoms with E-state index < -0.39 is 0 Å². The van der Waals surface area contributed by atoms with Gasteiger partial charge in [0.2, 0.25) is 0 Å². The molecule has 5 nitrogen and oxygen atoms in total. The lowest BCUT2D eigenvalue weighted by atomic mass is 9.72. The predicted molar refractivity (Wildman–Crippen MR) is 122 cm³/mol. The number of hydrogen-bond acceptors (Lipinski definition) is 5. The number of anilines is 1. The molecule has 1 aliphatic heterocycles. The van der Waals surface area contributed by atoms with Gasteiger partial charge >= 0.3 is 0 Å². The summed E-state index contributed by atoms with van der Waals surface area (Å²) in [4.78, 5) is 14.4. The molecule has 2 unspecified atom stereocenters. The highest BCUT2D eigenvalue weighted by Gasteiger charge is 2.36. The molecule has 2 heterocycles. The Morgan fingerprint density at radius 1 is 1.10 bits per heavy atom. The molecular weight excluding hydrogens is 396 g/mol. The van der Waals surface area contributed by atoms with Crippen LogP contribution in [0.1, 0.15) is 73.6 Å². The zero-order chi connectivity index (χ0) is 21.5. The molecule has 0 radical (unpaired) electrons. The Kier molecular flexibility index (Phi) is 5.71. The van der Waals surface area contributed by atoms with Crippen molar-refractivity contribution >= 4 is 22.2 Å². The number of fused-ring (bicyclic) bond motifs is 3. The summed E-state index contributed by atoms with van der Waals surface area (Å²) in [7, 11) is 0. The molecule has 1 aromatic carbocycles. The Morgan fingerprint density at radius 3 is 2.53 bits per heavy atom. The van der Waals surface area contributed by atoms with E-state index in [4.69, 9.17) is 9.47 Å². The second-order valence-electron chi connectivity index (χ2n) is 9.14. The van der Waals surface area contributed by atoms with Crippen LogP contribution >= 0.6 is 11.3 Å². The van der Waals surface area contributed by atoms with Gasteiger partial charge in [0.25, 0.3) is 5.91 Å². The largest absolute Gasteiger partial charge is 0.490 e. The SMILES string of the molecule is CCOc1ccc(C2NC(=O)c3c(sc4c3CCC(C(C)(C)C)C4)N2)cc1OCC. The van der Waals surface area contributed by atoms with Gasteiger partial charge < -0.3 is 20.1 Å². The van der Waals surface area contributed by atoms with Crippen LogP contribution in [0.3, 0.4) is 0 Å². The number of rotatable bonds is 5. The summed E-state index contributed by atoms with van der Waals surface area (Å²) in [6, 6.07) is 5.86. The van der Waals surface area contributed by atoms with E-state index in [1.54, 1.807) is 11.3 Å². The lowest BCUT2D eigenvalue weighted by molar-refractivity contribution is 0.0934. The third-order valence-electron chi connectivity index (χ3n) is 6.17. The zero-order valence-electron chi connectivity index (χ0n) is 18.6. The molecule has 2 N–H and O–H groups in total. The minimum Gasteiger partial charge on any atom is -0.490 e. The van der Waals surface area contributed by atoms with E-state index in [9.17, 15) is 4.79 Å². The number of benzene rings is 1. The van der Waals surface area contributed by atoms with Crippen LogP contribution in [0.5, 0.6) is 11.5 Å². The second-order valence-corrected chi connectivity index (χ2v) is 10.2. The van der Waals surface area contributed by atoms with Crippen LogP contribution in [0.25, 0.3) is 0 Å². The molecule has 2 aliphatic rings. The van der Waals surface area contributed by atoms with Crippen molar-refractivity contribution in [2.45, 2.75) is 60.0 Å². The average Bonchev–Trinajstić information content (AvgIpc) is 3.07. The van der Waals surface area contributed by atoms with E-state index in [1.165, 1.54) is 10.4 Å². The fourth-order valence-corrected chi connectivity index (χ4v) is 5.80. The average molecular weight is 429 g/mol. The predicted octanol–water partition coefficient (Wildman–Crippen LogP) is 5.55. The van der Waals surface area contributed by atoms with Crippen LogP contribution in [-0.4, -0.2) is 19.1 Å². The number of hydrogen-bond donors (Lipinski definition) is 2. The van der Waals surface area contributed by atoms with Gasteiger partial charge in [0, 0.05) is 4.88 Å². The van der Waals surface area contributed by atoms with E-state index in [0.29, 0.717) is 30.3 Å². The van der Waals surface area contributed by atoms with Gasteiger partial charge in [-0.15, -0.1) is 11.3 Å². The van der Waals surface area contributed by atoms with Crippen LogP contribution in [0.2, 0.25) is 0 Å². The van der Waals surface area contributed by atoms with Crippen molar-refractivity contribution in [2.75, 3.05) is 18.5 Å². The molecule has 0 bridgehead atoms. The van der Waals surface area contributed by atoms with Gasteiger partial charge in [-0.1, -0.05) is 26.8 Å². The molecule has 1 aromatic heterocycles. The molecule has 2 atom stereocenters. The summed E-state index contributed by atoms with van der Waals surface area (Å²) in [5.41, 5.74) is 3.35. The molecule has 2 aromatic rings. The Balaban J connectivity index is 1.61. The maximum atomic E-state index is 13.1. The monoisotopic (exact) mass is 428 g/mol. The Hall–Kier alpha value is -2.21. The van der Waals surface area contributed by atoms with Crippen LogP contribution in [-0.2, 0) is 12.8 Å². The van der Waals surface area contributed by atoms with Gasteiger partial charge in [-0.2, -0.15) is 0 Å². The van der Waals surface area contributed by atoms with Crippen molar-refractivity contribution in [2.24, 2.45) is 11.3 Å². The summed E-state index contributed by atoms with van der Waals surface area (Å²) in [6.07, 6.45) is 2.92. The molecule has 162 valence electrons. The standard InChI is InChI=1S/C24H32N2O3S/c1-6-28-17-11-8-14(12-18(17)29-7-2)21-25-22(27)20-16-10-9-15(24(3,4)5)13-19(16)30-23(20)26-21/h8,11-12,15,21,26H,6-7,9-10,13H2,1-5H3,(H,25,27). The lowest BCUT2D eigenvalue weighted by Crippen LogP contribution is -2.38. The third-order valence-corrected chi connectivity index (χ3v) is 7.35. The molecule has 4 rings (SSSR count). The fraction of sp³-hybridized carbons (Fsp3) is 0.542. The fourth-order valence-electron chi connectivity index (χ4n) is 4.45. The van der Waals surface area contributed by atoms with Crippen LogP contribution in [0, 0.1) is 11.3 Å². The third kappa shape index (κ3) is 3.89. The quantitative estimate of drug-likeness (QED) is 0.655. The zero-order valence-corrected chi connectivity index (χ0v) is 19.4. The van der Waals surface area contributed by atoms with Gasteiger partial charge in [-0.25, -0.2) is 0 Å². The number of carbonyl (C=O) groups excluding carboxylic acids is 1. The van der Waals surface area contributed by atoms with Crippen molar-refractivity contribution in [3.8, 4) is 11.5 Å². The van der Waals surface area contributed by atoms with Crippen molar-refractivity contribution in [3.05, 3.63) is 39.8 Å². The van der Waals surface area contributed by atoms with E-state index in [2.05, 4.69) is 31.4 Å². The van der Waals surface area contributed by atoms with E-state index in [0.717, 1.165) is 41.1 Å². The normalized spacial score (nSPS) is 20.6. The number of amides is 1. The summed E-state index contributed by atoms with van der Waals surface area (Å²) in [5.74, 6) is 2.11. The molecule has 1 amide bonds. The minimum atomic E-state index is -0.279. The molecule has 0 saturated carbocycles. The lowest BCUT2D eigenvalue weighted by Gasteiger charge is -2.34. The molecule has 0 fully saturated rings. The first kappa shape index (κ1) is 21.0. The number of carbonyl (C=O) groups is 1. The van der Waals surface area contributed by atoms with Gasteiger partial charge in [0.15, 0.2) is 11.5 Å². The summed E-state index contributed by atoms with van der Waals surface area (Å²) in [5, 5.41) is 7.71. The topological polar surface area (TPSA) is 59.6 Å². The highest BCUT2D eigenvalue weighted by molar-refractivity contribution is 7.16. The first-order valence-corrected chi connectivity index (χ1v) is 11.7. The van der Waals surface area contributed by atoms with Crippen molar-refractivity contribution in [1.29, 1.82) is 0 Å². The van der Waals surface area contributed by atoms with Gasteiger partial charge in [0.1, 0.15) is 11.2 Å². The molecule has 30 heavy (non-hydrogen) atoms. The molecule has 0 saturated heterocycles. The minimum absolute atomic E-state index is 0.0207. The van der Waals surface area contributed by atoms with Gasteiger partial charge in [-0.05, 0) is 67.7 Å². The molecule has 6 heteroatoms. The maximum Gasteiger partial charge on any atom is 0.256 e. The van der Waals surface area contributed by atoms with E-state index in [1.807, 2.05) is 32.0 Å². The first-order chi connectivity index (χ1) is 14.3. The Morgan fingerprint density at radius 2 is 1.83 bits per heavy atom. The second kappa shape index (κ2) is 8.14. The van der Waals surface area contributed by atoms with Gasteiger partial charge in [0.05, 0.1) is 18.8 Å².